The van der Waals surface area contributed by atoms with Crippen LogP contribution in [-0.4, -0.2) is 13.7 Å². The summed E-state index contributed by atoms with van der Waals surface area (Å²) in [4.78, 5) is 0. The molecule has 0 aromatic carbocycles. The molecule has 0 heterocycles. The molecular weight excluding hydrogens is 184 g/mol. The maximum Gasteiger partial charge on any atom is 0.0495 e. The van der Waals surface area contributed by atoms with Gasteiger partial charge in [-0.1, -0.05) is 59.8 Å². The predicted octanol–water partition coefficient (Wildman–Crippen LogP) is 4.66. The Morgan fingerprint density at radius 1 is 1.00 bits per heavy atom. The van der Waals surface area contributed by atoms with Crippen molar-refractivity contribution in [1.82, 2.24) is 0 Å². The van der Waals surface area contributed by atoms with Gasteiger partial charge in [-0.05, 0) is 17.8 Å². The summed E-state index contributed by atoms with van der Waals surface area (Å²) in [5.41, 5.74) is 0.390. The number of rotatable bonds is 8. The van der Waals surface area contributed by atoms with Crippen molar-refractivity contribution in [1.29, 1.82) is 0 Å². The fourth-order valence-corrected chi connectivity index (χ4v) is 1.96. The van der Waals surface area contributed by atoms with Crippen molar-refractivity contribution in [3.05, 3.63) is 0 Å². The van der Waals surface area contributed by atoms with Crippen molar-refractivity contribution in [2.45, 2.75) is 66.2 Å². The number of hydrogen-bond acceptors (Lipinski definition) is 1. The van der Waals surface area contributed by atoms with E-state index in [0.717, 1.165) is 6.61 Å². The molecule has 0 radical (unpaired) electrons. The van der Waals surface area contributed by atoms with Gasteiger partial charge in [0.15, 0.2) is 0 Å². The van der Waals surface area contributed by atoms with E-state index < -0.39 is 0 Å². The molecule has 1 nitrogen and oxygen atoms in total. The molecule has 1 unspecified atom stereocenters. The lowest BCUT2D eigenvalue weighted by atomic mass is 9.78. The van der Waals surface area contributed by atoms with Crippen LogP contribution in [0.5, 0.6) is 0 Å². The molecule has 0 aliphatic heterocycles. The third-order valence-corrected chi connectivity index (χ3v) is 3.25. The summed E-state index contributed by atoms with van der Waals surface area (Å²) in [7, 11) is 1.82. The van der Waals surface area contributed by atoms with Crippen LogP contribution >= 0.6 is 0 Å². The Morgan fingerprint density at radius 3 is 2.07 bits per heavy atom. The van der Waals surface area contributed by atoms with Crippen LogP contribution in [0.4, 0.5) is 0 Å². The summed E-state index contributed by atoms with van der Waals surface area (Å²) in [5, 5.41) is 0. The second kappa shape index (κ2) is 8.15. The standard InChI is InChI=1S/C14H30O/c1-6-7-8-9-10-11-13(12-15-5)14(2,3)4/h13H,6-12H2,1-5H3. The minimum absolute atomic E-state index is 0.390. The predicted molar refractivity (Wildman–Crippen MR) is 68.2 cm³/mol. The molecule has 1 atom stereocenters. The summed E-state index contributed by atoms with van der Waals surface area (Å²) >= 11 is 0. The Labute approximate surface area is 96.6 Å². The highest BCUT2D eigenvalue weighted by Gasteiger charge is 2.23. The topological polar surface area (TPSA) is 9.23 Å². The van der Waals surface area contributed by atoms with E-state index >= 15 is 0 Å². The Morgan fingerprint density at radius 2 is 1.60 bits per heavy atom. The van der Waals surface area contributed by atoms with Crippen molar-refractivity contribution in [3.8, 4) is 0 Å². The van der Waals surface area contributed by atoms with Crippen molar-refractivity contribution < 1.29 is 4.74 Å². The molecule has 0 amide bonds. The molecule has 0 fully saturated rings. The van der Waals surface area contributed by atoms with Crippen LogP contribution in [0, 0.1) is 11.3 Å². The van der Waals surface area contributed by atoms with E-state index in [1.54, 1.807) is 0 Å². The molecule has 0 aromatic heterocycles. The molecule has 0 aromatic rings. The fourth-order valence-electron chi connectivity index (χ4n) is 1.96. The van der Waals surface area contributed by atoms with Gasteiger partial charge in [-0.2, -0.15) is 0 Å². The lowest BCUT2D eigenvalue weighted by Gasteiger charge is -2.30. The summed E-state index contributed by atoms with van der Waals surface area (Å²) < 4.78 is 5.31. The van der Waals surface area contributed by atoms with E-state index in [4.69, 9.17) is 4.74 Å². The van der Waals surface area contributed by atoms with E-state index in [1.807, 2.05) is 7.11 Å². The van der Waals surface area contributed by atoms with Crippen LogP contribution in [0.15, 0.2) is 0 Å². The van der Waals surface area contributed by atoms with Gasteiger partial charge in [0, 0.05) is 13.7 Å². The molecule has 92 valence electrons. The first-order chi connectivity index (χ1) is 7.02. The number of ether oxygens (including phenoxy) is 1. The molecule has 0 spiro atoms. The Bertz CT molecular complexity index is 135. The second-order valence-corrected chi connectivity index (χ2v) is 5.72. The Kier molecular flexibility index (Phi) is 8.13. The first-order valence-corrected chi connectivity index (χ1v) is 6.51. The van der Waals surface area contributed by atoms with E-state index in [1.165, 1.54) is 38.5 Å². The first kappa shape index (κ1) is 15.0. The minimum Gasteiger partial charge on any atom is -0.384 e. The fraction of sp³-hybridized carbons (Fsp3) is 1.00. The molecule has 1 heteroatoms. The SMILES string of the molecule is CCCCCCCC(COC)C(C)(C)C. The van der Waals surface area contributed by atoms with Crippen LogP contribution in [-0.2, 0) is 4.74 Å². The minimum atomic E-state index is 0.390. The molecule has 0 aliphatic carbocycles. The summed E-state index contributed by atoms with van der Waals surface area (Å²) in [5.74, 6) is 0.712. The highest BCUT2D eigenvalue weighted by molar-refractivity contribution is 4.73. The summed E-state index contributed by atoms with van der Waals surface area (Å²) in [6.45, 7) is 10.1. The van der Waals surface area contributed by atoms with Gasteiger partial charge in [0.1, 0.15) is 0 Å². The smallest absolute Gasteiger partial charge is 0.0495 e. The van der Waals surface area contributed by atoms with Crippen LogP contribution < -0.4 is 0 Å². The van der Waals surface area contributed by atoms with E-state index in [0.29, 0.717) is 11.3 Å². The van der Waals surface area contributed by atoms with Gasteiger partial charge < -0.3 is 4.74 Å². The van der Waals surface area contributed by atoms with Crippen LogP contribution in [0.1, 0.15) is 66.2 Å². The summed E-state index contributed by atoms with van der Waals surface area (Å²) in [6, 6.07) is 0. The van der Waals surface area contributed by atoms with E-state index in [2.05, 4.69) is 27.7 Å². The molecule has 15 heavy (non-hydrogen) atoms. The van der Waals surface area contributed by atoms with Gasteiger partial charge in [0.2, 0.25) is 0 Å². The Hall–Kier alpha value is -0.0400. The van der Waals surface area contributed by atoms with Crippen LogP contribution in [0.2, 0.25) is 0 Å². The maximum atomic E-state index is 5.31. The highest BCUT2D eigenvalue weighted by Crippen LogP contribution is 2.30. The summed E-state index contributed by atoms with van der Waals surface area (Å²) in [6.07, 6.45) is 8.21. The van der Waals surface area contributed by atoms with Gasteiger partial charge >= 0.3 is 0 Å². The molecular formula is C14H30O. The van der Waals surface area contributed by atoms with E-state index in [-0.39, 0.29) is 0 Å². The number of unbranched alkanes of at least 4 members (excludes halogenated alkanes) is 4. The highest BCUT2D eigenvalue weighted by atomic mass is 16.5. The molecule has 0 saturated heterocycles. The average molecular weight is 214 g/mol. The zero-order valence-electron chi connectivity index (χ0n) is 11.4. The molecule has 0 saturated carbocycles. The zero-order chi connectivity index (χ0) is 11.7. The first-order valence-electron chi connectivity index (χ1n) is 6.51. The number of methoxy groups -OCH3 is 1. The third kappa shape index (κ3) is 7.84. The van der Waals surface area contributed by atoms with Crippen LogP contribution in [0.25, 0.3) is 0 Å². The van der Waals surface area contributed by atoms with Crippen molar-refractivity contribution in [2.75, 3.05) is 13.7 Å². The lowest BCUT2D eigenvalue weighted by Crippen LogP contribution is -2.24. The maximum absolute atomic E-state index is 5.31. The van der Waals surface area contributed by atoms with Crippen molar-refractivity contribution >= 4 is 0 Å². The second-order valence-electron chi connectivity index (χ2n) is 5.72. The molecule has 0 rings (SSSR count). The average Bonchev–Trinajstić information content (AvgIpc) is 2.14. The largest absolute Gasteiger partial charge is 0.384 e. The van der Waals surface area contributed by atoms with Crippen molar-refractivity contribution in [2.24, 2.45) is 11.3 Å². The molecule has 0 aliphatic rings. The monoisotopic (exact) mass is 214 g/mol. The number of hydrogen-bond donors (Lipinski definition) is 0. The lowest BCUT2D eigenvalue weighted by molar-refractivity contribution is 0.0826. The van der Waals surface area contributed by atoms with Gasteiger partial charge in [-0.25, -0.2) is 0 Å². The van der Waals surface area contributed by atoms with Gasteiger partial charge in [-0.3, -0.25) is 0 Å². The Balaban J connectivity index is 3.67. The molecule has 0 N–H and O–H groups in total. The van der Waals surface area contributed by atoms with Crippen molar-refractivity contribution in [3.63, 3.8) is 0 Å². The molecule has 0 bridgehead atoms. The van der Waals surface area contributed by atoms with E-state index in [9.17, 15) is 0 Å². The third-order valence-electron chi connectivity index (χ3n) is 3.25. The van der Waals surface area contributed by atoms with Crippen LogP contribution in [0.3, 0.4) is 0 Å². The van der Waals surface area contributed by atoms with Gasteiger partial charge in [0.05, 0.1) is 0 Å². The zero-order valence-corrected chi connectivity index (χ0v) is 11.4. The van der Waals surface area contributed by atoms with Gasteiger partial charge in [0.25, 0.3) is 0 Å². The van der Waals surface area contributed by atoms with Gasteiger partial charge in [-0.15, -0.1) is 0 Å². The quantitative estimate of drug-likeness (QED) is 0.534. The normalized spacial score (nSPS) is 14.2.